The van der Waals surface area contributed by atoms with Crippen molar-refractivity contribution in [2.75, 3.05) is 6.61 Å². The van der Waals surface area contributed by atoms with E-state index in [4.69, 9.17) is 13.9 Å². The third-order valence-electron chi connectivity index (χ3n) is 4.15. The van der Waals surface area contributed by atoms with Crippen LogP contribution in [0.3, 0.4) is 0 Å². The average Bonchev–Trinajstić information content (AvgIpc) is 3.02. The molecule has 1 atom stereocenters. The number of carbonyl (C=O) groups is 1. The van der Waals surface area contributed by atoms with Gasteiger partial charge in [-0.25, -0.2) is 9.59 Å². The van der Waals surface area contributed by atoms with Gasteiger partial charge in [0.05, 0.1) is 6.61 Å². The summed E-state index contributed by atoms with van der Waals surface area (Å²) in [4.78, 5) is 23.9. The van der Waals surface area contributed by atoms with Crippen molar-refractivity contribution in [1.29, 1.82) is 0 Å². The Bertz CT molecular complexity index is 818. The van der Waals surface area contributed by atoms with Gasteiger partial charge in [-0.2, -0.15) is 0 Å². The second kappa shape index (κ2) is 6.67. The molecule has 0 N–H and O–H groups in total. The van der Waals surface area contributed by atoms with Crippen LogP contribution < -0.4 is 10.4 Å². The van der Waals surface area contributed by atoms with Crippen LogP contribution in [0.4, 0.5) is 0 Å². The molecule has 0 saturated carbocycles. The summed E-state index contributed by atoms with van der Waals surface area (Å²) in [6.45, 7) is 5.96. The molecule has 128 valence electrons. The van der Waals surface area contributed by atoms with E-state index in [1.165, 1.54) is 0 Å². The van der Waals surface area contributed by atoms with E-state index in [2.05, 4.69) is 0 Å². The first-order valence-corrected chi connectivity index (χ1v) is 8.37. The molecule has 0 aliphatic heterocycles. The Morgan fingerprint density at radius 3 is 2.71 bits per heavy atom. The zero-order valence-corrected chi connectivity index (χ0v) is 14.3. The predicted octanol–water partition coefficient (Wildman–Crippen LogP) is 3.25. The van der Waals surface area contributed by atoms with E-state index in [0.29, 0.717) is 17.9 Å². The summed E-state index contributed by atoms with van der Waals surface area (Å²) < 4.78 is 16.2. The molecule has 2 aromatic rings. The number of hydrogen-bond acceptors (Lipinski definition) is 5. The monoisotopic (exact) mass is 330 g/mol. The zero-order valence-electron chi connectivity index (χ0n) is 14.3. The first-order chi connectivity index (χ1) is 11.5. The van der Waals surface area contributed by atoms with Crippen LogP contribution in [0.5, 0.6) is 5.75 Å². The van der Waals surface area contributed by atoms with Gasteiger partial charge in [-0.05, 0) is 49.8 Å². The summed E-state index contributed by atoms with van der Waals surface area (Å²) in [5.41, 5.74) is 2.11. The van der Waals surface area contributed by atoms with Crippen LogP contribution in [0.2, 0.25) is 0 Å². The number of esters is 1. The van der Waals surface area contributed by atoms with Gasteiger partial charge in [0, 0.05) is 17.0 Å². The molecular formula is C19H22O5. The number of aryl methyl sites for hydroxylation is 1. The van der Waals surface area contributed by atoms with E-state index in [1.54, 1.807) is 19.1 Å². The van der Waals surface area contributed by atoms with Gasteiger partial charge in [0.25, 0.3) is 0 Å². The van der Waals surface area contributed by atoms with Crippen molar-refractivity contribution in [3.8, 4) is 5.75 Å². The molecule has 5 heteroatoms. The van der Waals surface area contributed by atoms with Gasteiger partial charge in [-0.3, -0.25) is 0 Å². The normalized spacial score (nSPS) is 14.7. The maximum atomic E-state index is 12.0. The number of rotatable bonds is 5. The molecule has 0 saturated heterocycles. The molecule has 1 aromatic carbocycles. The average molecular weight is 330 g/mol. The molecule has 0 spiro atoms. The summed E-state index contributed by atoms with van der Waals surface area (Å²) in [5.74, 6) is 0.356. The Morgan fingerprint density at radius 2 is 1.96 bits per heavy atom. The lowest BCUT2D eigenvalue weighted by Gasteiger charge is -2.15. The molecule has 1 aliphatic rings. The molecule has 24 heavy (non-hydrogen) atoms. The number of ether oxygens (including phenoxy) is 2. The second-order valence-corrected chi connectivity index (χ2v) is 6.64. The fraction of sp³-hybridized carbons (Fsp3) is 0.474. The van der Waals surface area contributed by atoms with Crippen LogP contribution in [-0.4, -0.2) is 18.7 Å². The van der Waals surface area contributed by atoms with E-state index in [0.717, 1.165) is 35.8 Å². The number of fused-ring (bicyclic) bond motifs is 3. The lowest BCUT2D eigenvalue weighted by molar-refractivity contribution is -0.152. The minimum absolute atomic E-state index is 0.267. The van der Waals surface area contributed by atoms with Gasteiger partial charge in [0.1, 0.15) is 11.3 Å². The molecule has 1 heterocycles. The predicted molar refractivity (Wildman–Crippen MR) is 90.4 cm³/mol. The quantitative estimate of drug-likeness (QED) is 0.622. The van der Waals surface area contributed by atoms with Crippen LogP contribution in [0.25, 0.3) is 11.0 Å². The van der Waals surface area contributed by atoms with Crippen molar-refractivity contribution >= 4 is 16.9 Å². The summed E-state index contributed by atoms with van der Waals surface area (Å²) in [6, 6.07) is 5.36. The van der Waals surface area contributed by atoms with Gasteiger partial charge in [0.15, 0.2) is 6.10 Å². The highest BCUT2D eigenvalue weighted by atomic mass is 16.6. The SMILES string of the molecule is CC(C)COC(=O)[C@H](C)Oc1ccc2c3c(c(=O)oc2c1)CCC3. The Hall–Kier alpha value is -2.30. The number of carbonyl (C=O) groups excluding carboxylic acids is 1. The van der Waals surface area contributed by atoms with Crippen LogP contribution in [0.15, 0.2) is 27.4 Å². The van der Waals surface area contributed by atoms with Crippen molar-refractivity contribution in [1.82, 2.24) is 0 Å². The topological polar surface area (TPSA) is 65.7 Å². The van der Waals surface area contributed by atoms with Gasteiger partial charge in [0.2, 0.25) is 0 Å². The Labute approximate surface area is 140 Å². The summed E-state index contributed by atoms with van der Waals surface area (Å²) in [5, 5.41) is 0.949. The summed E-state index contributed by atoms with van der Waals surface area (Å²) >= 11 is 0. The Kier molecular flexibility index (Phi) is 4.60. The van der Waals surface area contributed by atoms with E-state index in [1.807, 2.05) is 19.9 Å². The molecule has 5 nitrogen and oxygen atoms in total. The van der Waals surface area contributed by atoms with Gasteiger partial charge in [-0.15, -0.1) is 0 Å². The standard InChI is InChI=1S/C19H22O5/c1-11(2)10-22-18(20)12(3)23-13-7-8-15-14-5-4-6-16(14)19(21)24-17(15)9-13/h7-9,11-12H,4-6,10H2,1-3H3/t12-/m0/s1. The highest BCUT2D eigenvalue weighted by Crippen LogP contribution is 2.29. The molecule has 1 aliphatic carbocycles. The molecule has 1 aromatic heterocycles. The Morgan fingerprint density at radius 1 is 1.21 bits per heavy atom. The molecule has 0 fully saturated rings. The lowest BCUT2D eigenvalue weighted by Crippen LogP contribution is -2.27. The van der Waals surface area contributed by atoms with Crippen molar-refractivity contribution < 1.29 is 18.7 Å². The van der Waals surface area contributed by atoms with E-state index >= 15 is 0 Å². The zero-order chi connectivity index (χ0) is 17.3. The molecule has 0 bridgehead atoms. The minimum atomic E-state index is -0.720. The summed E-state index contributed by atoms with van der Waals surface area (Å²) in [7, 11) is 0. The van der Waals surface area contributed by atoms with E-state index in [-0.39, 0.29) is 11.5 Å². The van der Waals surface area contributed by atoms with E-state index < -0.39 is 12.1 Å². The Balaban J connectivity index is 1.80. The first-order valence-electron chi connectivity index (χ1n) is 8.37. The summed E-state index contributed by atoms with van der Waals surface area (Å²) in [6.07, 6.45) is 1.94. The highest BCUT2D eigenvalue weighted by Gasteiger charge is 2.21. The van der Waals surface area contributed by atoms with Crippen LogP contribution in [0.1, 0.15) is 38.3 Å². The minimum Gasteiger partial charge on any atom is -0.479 e. The highest BCUT2D eigenvalue weighted by molar-refractivity contribution is 5.83. The molecule has 0 radical (unpaired) electrons. The second-order valence-electron chi connectivity index (χ2n) is 6.64. The van der Waals surface area contributed by atoms with Gasteiger partial charge in [-0.1, -0.05) is 13.8 Å². The smallest absolute Gasteiger partial charge is 0.347 e. The van der Waals surface area contributed by atoms with Crippen molar-refractivity contribution in [2.45, 2.75) is 46.1 Å². The maximum absolute atomic E-state index is 12.0. The molecule has 0 unspecified atom stereocenters. The van der Waals surface area contributed by atoms with Crippen LogP contribution in [-0.2, 0) is 22.4 Å². The molecule has 0 amide bonds. The number of hydrogen-bond donors (Lipinski definition) is 0. The third-order valence-corrected chi connectivity index (χ3v) is 4.15. The number of benzene rings is 1. The molecular weight excluding hydrogens is 308 g/mol. The maximum Gasteiger partial charge on any atom is 0.347 e. The van der Waals surface area contributed by atoms with Gasteiger partial charge < -0.3 is 13.9 Å². The van der Waals surface area contributed by atoms with Crippen molar-refractivity contribution in [3.05, 3.63) is 39.7 Å². The van der Waals surface area contributed by atoms with E-state index in [9.17, 15) is 9.59 Å². The van der Waals surface area contributed by atoms with Crippen molar-refractivity contribution in [3.63, 3.8) is 0 Å². The van der Waals surface area contributed by atoms with Crippen LogP contribution >= 0.6 is 0 Å². The van der Waals surface area contributed by atoms with Gasteiger partial charge >= 0.3 is 11.6 Å². The fourth-order valence-corrected chi connectivity index (χ4v) is 2.96. The lowest BCUT2D eigenvalue weighted by atomic mass is 10.1. The van der Waals surface area contributed by atoms with Crippen LogP contribution in [0, 0.1) is 5.92 Å². The third kappa shape index (κ3) is 3.30. The fourth-order valence-electron chi connectivity index (χ4n) is 2.96. The first kappa shape index (κ1) is 16.6. The molecule has 3 rings (SSSR count). The van der Waals surface area contributed by atoms with Crippen molar-refractivity contribution in [2.24, 2.45) is 5.92 Å². The largest absolute Gasteiger partial charge is 0.479 e.